The molecule has 2 N–H and O–H groups in total. The summed E-state index contributed by atoms with van der Waals surface area (Å²) in [5.74, 6) is -0.0544. The van der Waals surface area contributed by atoms with Crippen molar-refractivity contribution in [1.82, 2.24) is 0 Å². The van der Waals surface area contributed by atoms with Crippen molar-refractivity contribution in [3.8, 4) is 0 Å². The molecule has 0 radical (unpaired) electrons. The Morgan fingerprint density at radius 1 is 0.800 bits per heavy atom. The van der Waals surface area contributed by atoms with Crippen LogP contribution in [0.1, 0.15) is 75.7 Å². The topological polar surface area (TPSA) is 114 Å². The van der Waals surface area contributed by atoms with Crippen LogP contribution in [-0.4, -0.2) is 99.1 Å². The Balaban J connectivity index is 1.40. The fourth-order valence-electron chi connectivity index (χ4n) is 9.06. The molecule has 4 saturated heterocycles. The molecule has 5 heterocycles. The summed E-state index contributed by atoms with van der Waals surface area (Å²) < 4.78 is 69.0. The van der Waals surface area contributed by atoms with E-state index in [4.69, 9.17) is 51.0 Å². The van der Waals surface area contributed by atoms with Crippen molar-refractivity contribution < 1.29 is 48.1 Å². The average molecular weight is 643 g/mol. The summed E-state index contributed by atoms with van der Waals surface area (Å²) in [7, 11) is 0. The second kappa shape index (κ2) is 12.6. The van der Waals surface area contributed by atoms with Gasteiger partial charge in [0.1, 0.15) is 36.6 Å². The molecule has 0 aromatic carbocycles. The maximum atomic E-state index is 7.62. The minimum atomic E-state index is -1.31. The van der Waals surface area contributed by atoms with Gasteiger partial charge >= 0.3 is 0 Å². The van der Waals surface area contributed by atoms with Gasteiger partial charge in [-0.05, 0) is 74.7 Å². The molecule has 1 aliphatic carbocycles. The molecular weight excluding hydrogens is 580 g/mol. The average Bonchev–Trinajstić information content (AvgIpc) is 3.35. The van der Waals surface area contributed by atoms with Crippen molar-refractivity contribution in [1.29, 1.82) is 2.86 Å². The second-order valence-corrected chi connectivity index (χ2v) is 15.7. The summed E-state index contributed by atoms with van der Waals surface area (Å²) in [5, 5.41) is 9.79. The lowest BCUT2D eigenvalue weighted by Crippen LogP contribution is -2.76. The molecule has 258 valence electrons. The first-order chi connectivity index (χ1) is 22.2. The molecule has 0 aromatic heterocycles. The zero-order chi connectivity index (χ0) is 34.0. The zero-order valence-electron chi connectivity index (χ0n) is 30.8. The highest BCUT2D eigenvalue weighted by molar-refractivity contribution is 5.15. The molecule has 19 atom stereocenters. The molecule has 10 nitrogen and oxygen atoms in total. The van der Waals surface area contributed by atoms with E-state index in [1.54, 1.807) is 6.26 Å². The molecule has 8 unspecified atom stereocenters. The highest BCUT2D eigenvalue weighted by atomic mass is 16.8. The monoisotopic (exact) mass is 642 g/mol. The fraction of sp³-hybridized carbons (Fsp3) is 0.943. The highest BCUT2D eigenvalue weighted by Gasteiger charge is 2.70. The van der Waals surface area contributed by atoms with Crippen LogP contribution in [0.4, 0.5) is 0 Å². The van der Waals surface area contributed by atoms with E-state index in [9.17, 15) is 0 Å². The number of rotatable bonds is 9. The molecule has 6 aliphatic rings. The third-order valence-electron chi connectivity index (χ3n) is 12.8. The van der Waals surface area contributed by atoms with Crippen molar-refractivity contribution in [3.05, 3.63) is 12.3 Å². The van der Waals surface area contributed by atoms with E-state index in [2.05, 4.69) is 55.4 Å². The van der Waals surface area contributed by atoms with Crippen LogP contribution in [0.3, 0.4) is 0 Å². The smallest absolute Gasteiger partial charge is 0.210 e. The number of aliphatic hydroxyl groups is 2. The number of hydrogen-bond donors (Lipinski definition) is 2. The standard InChI is InChI=1S/C35H58O10/c1-16-13-25(21(6)18(3)17(16)2)40-31-30-29(43-34(9,10)44-30)27(15-37)41-33(31)45-35(28-24(42-35)11-12-38-26(28)14-36)32-22(7)19(4)20(5)23(8)39-32/h11-12,16-33,36-37H,13-15H2,1-10H3/t16?,17-,18+,19?,20-,21?,22-,23?,24+,25+,26?,27?,28+,29?,30-,31+,32-,33-,35?/m0/s1/i36T,37T. The lowest BCUT2D eigenvalue weighted by molar-refractivity contribution is -0.480. The first-order valence-electron chi connectivity index (χ1n) is 18.2. The van der Waals surface area contributed by atoms with Crippen LogP contribution >= 0.6 is 0 Å². The van der Waals surface area contributed by atoms with E-state index in [0.29, 0.717) is 35.5 Å². The lowest BCUT2D eigenvalue weighted by atomic mass is 9.68. The largest absolute Gasteiger partial charge is 0.495 e. The van der Waals surface area contributed by atoms with E-state index in [1.165, 1.54) is 0 Å². The van der Waals surface area contributed by atoms with Crippen molar-refractivity contribution in [2.75, 3.05) is 13.2 Å². The van der Waals surface area contributed by atoms with Gasteiger partial charge in [-0.1, -0.05) is 48.5 Å². The van der Waals surface area contributed by atoms with Gasteiger partial charge in [-0.15, -0.1) is 0 Å². The molecule has 1 saturated carbocycles. The quantitative estimate of drug-likeness (QED) is 0.378. The summed E-state index contributed by atoms with van der Waals surface area (Å²) in [6, 6.07) is 0. The Labute approximate surface area is 272 Å². The minimum Gasteiger partial charge on any atom is -0.495 e. The highest BCUT2D eigenvalue weighted by Crippen LogP contribution is 2.55. The number of aliphatic hydroxyl groups excluding tert-OH is 2. The Bertz CT molecular complexity index is 1110. The van der Waals surface area contributed by atoms with Gasteiger partial charge in [0.05, 0.1) is 43.7 Å². The summed E-state index contributed by atoms with van der Waals surface area (Å²) >= 11 is 0. The summed E-state index contributed by atoms with van der Waals surface area (Å²) in [4.78, 5) is 0. The van der Waals surface area contributed by atoms with Crippen LogP contribution in [0.15, 0.2) is 12.3 Å². The van der Waals surface area contributed by atoms with Crippen molar-refractivity contribution >= 4 is 0 Å². The Morgan fingerprint density at radius 2 is 1.49 bits per heavy atom. The summed E-state index contributed by atoms with van der Waals surface area (Å²) in [5.41, 5.74) is 0. The number of hydrogen-bond acceptors (Lipinski definition) is 10. The molecule has 6 rings (SSSR count). The van der Waals surface area contributed by atoms with Gasteiger partial charge in [-0.3, -0.25) is 0 Å². The van der Waals surface area contributed by atoms with Gasteiger partial charge in [0.15, 0.2) is 12.1 Å². The van der Waals surface area contributed by atoms with Crippen LogP contribution in [-0.2, 0) is 37.9 Å². The van der Waals surface area contributed by atoms with E-state index in [-0.39, 0.29) is 43.4 Å². The molecule has 5 aliphatic heterocycles. The minimum absolute atomic E-state index is 0.0345. The van der Waals surface area contributed by atoms with Gasteiger partial charge in [-0.2, -0.15) is 0 Å². The Kier molecular flexibility index (Phi) is 8.78. The SMILES string of the molecule is [3H]OCC1O[C@@H](OC2([C@H]3OC(C)[C@@H](C)C(C)[C@@H]3C)O[C@@H]3C=COC(CO[3H])[C@@H]32)[C@H](O[C@@H]2CC(C)[C@H](C)[C@@H](C)C2C)[C@H]2OC(C)(C)OC12. The normalized spacial score (nSPS) is 56.3. The molecular formula is C35H58O10. The van der Waals surface area contributed by atoms with Crippen molar-refractivity contribution in [2.24, 2.45) is 47.3 Å². The van der Waals surface area contributed by atoms with E-state index in [0.717, 1.165) is 6.42 Å². The van der Waals surface area contributed by atoms with Crippen molar-refractivity contribution in [3.63, 3.8) is 0 Å². The first-order valence-corrected chi connectivity index (χ1v) is 17.4. The lowest BCUT2D eigenvalue weighted by Gasteiger charge is -2.63. The Hall–Kier alpha value is -0.820. The predicted molar refractivity (Wildman–Crippen MR) is 165 cm³/mol. The second-order valence-electron chi connectivity index (χ2n) is 15.7. The van der Waals surface area contributed by atoms with Crippen LogP contribution in [0, 0.1) is 47.3 Å². The summed E-state index contributed by atoms with van der Waals surface area (Å²) in [6.07, 6.45) is -0.413. The molecule has 45 heavy (non-hydrogen) atoms. The van der Waals surface area contributed by atoms with Gasteiger partial charge in [0, 0.05) is 0 Å². The van der Waals surface area contributed by atoms with E-state index < -0.39 is 54.5 Å². The third kappa shape index (κ3) is 5.72. The van der Waals surface area contributed by atoms with Gasteiger partial charge < -0.3 is 48.1 Å². The van der Waals surface area contributed by atoms with Crippen LogP contribution in [0.5, 0.6) is 0 Å². The van der Waals surface area contributed by atoms with E-state index in [1.807, 2.05) is 19.9 Å². The van der Waals surface area contributed by atoms with Gasteiger partial charge in [0.25, 0.3) is 0 Å². The molecule has 0 spiro atoms. The number of fused-ring (bicyclic) bond motifs is 2. The molecule has 0 aromatic rings. The third-order valence-corrected chi connectivity index (χ3v) is 12.8. The van der Waals surface area contributed by atoms with Gasteiger partial charge in [-0.25, -0.2) is 0 Å². The Morgan fingerprint density at radius 3 is 2.22 bits per heavy atom. The molecule has 0 amide bonds. The van der Waals surface area contributed by atoms with E-state index >= 15 is 0 Å². The fourth-order valence-corrected chi connectivity index (χ4v) is 9.06. The first kappa shape index (κ1) is 31.4. The maximum absolute atomic E-state index is 7.62. The van der Waals surface area contributed by atoms with Crippen LogP contribution in [0.25, 0.3) is 0 Å². The number of ether oxygens (including phenoxy) is 8. The zero-order valence-corrected chi connectivity index (χ0v) is 28.8. The maximum Gasteiger partial charge on any atom is 0.210 e. The van der Waals surface area contributed by atoms with Gasteiger partial charge in [0.2, 0.25) is 8.65 Å². The summed E-state index contributed by atoms with van der Waals surface area (Å²) in [6.45, 7) is 21.7. The molecule has 10 heteroatoms. The predicted octanol–water partition coefficient (Wildman–Crippen LogP) is 4.25. The van der Waals surface area contributed by atoms with Crippen LogP contribution < -0.4 is 0 Å². The molecule has 5 fully saturated rings. The van der Waals surface area contributed by atoms with Crippen LogP contribution in [0.2, 0.25) is 0 Å². The molecule has 0 bridgehead atoms. The van der Waals surface area contributed by atoms with Crippen molar-refractivity contribution in [2.45, 2.75) is 148 Å².